The number of aromatic nitrogens is 4. The van der Waals surface area contributed by atoms with Gasteiger partial charge in [-0.1, -0.05) is 6.07 Å². The van der Waals surface area contributed by atoms with Crippen LogP contribution in [0.1, 0.15) is 12.8 Å². The standard InChI is InChI=1S/C22H23BrN6O7S/c23-15-9-24-22(25-10-15)34-7-6-33-21-19(14-3-4-17-18(8-14)36-13-35-17)20(26-12-27-21)29-37(30,31)28-11-16-2-1-5-32-16/h3-4,8-10,12,16,28H,1-2,5-7,11,13H2,(H,26,27,29). The zero-order valence-electron chi connectivity index (χ0n) is 19.4. The van der Waals surface area contributed by atoms with Gasteiger partial charge in [-0.05, 0) is 46.5 Å². The maximum atomic E-state index is 12.8. The molecule has 2 aromatic heterocycles. The third-order valence-electron chi connectivity index (χ3n) is 5.38. The summed E-state index contributed by atoms with van der Waals surface area (Å²) >= 11 is 3.27. The normalized spacial score (nSPS) is 16.5. The van der Waals surface area contributed by atoms with Gasteiger partial charge in [-0.15, -0.1) is 0 Å². The van der Waals surface area contributed by atoms with Crippen molar-refractivity contribution in [1.82, 2.24) is 24.7 Å². The Bertz CT molecular complexity index is 1340. The fourth-order valence-corrected chi connectivity index (χ4v) is 4.78. The number of nitrogens with one attached hydrogen (secondary N) is 2. The van der Waals surface area contributed by atoms with Crippen LogP contribution in [-0.2, 0) is 14.9 Å². The first-order valence-corrected chi connectivity index (χ1v) is 13.6. The minimum Gasteiger partial charge on any atom is -0.473 e. The molecule has 1 saturated heterocycles. The van der Waals surface area contributed by atoms with Crippen LogP contribution >= 0.6 is 15.9 Å². The molecular formula is C22H23BrN6O7S. The first kappa shape index (κ1) is 25.4. The summed E-state index contributed by atoms with van der Waals surface area (Å²) < 4.78 is 59.1. The van der Waals surface area contributed by atoms with Crippen LogP contribution in [-0.4, -0.2) is 67.6 Å². The van der Waals surface area contributed by atoms with Crippen LogP contribution in [0, 0.1) is 0 Å². The molecule has 1 fully saturated rings. The van der Waals surface area contributed by atoms with Crippen LogP contribution in [0.3, 0.4) is 0 Å². The molecule has 0 radical (unpaired) electrons. The lowest BCUT2D eigenvalue weighted by molar-refractivity contribution is 0.114. The Balaban J connectivity index is 1.35. The minimum atomic E-state index is -3.97. The molecule has 0 amide bonds. The Kier molecular flexibility index (Phi) is 7.83. The van der Waals surface area contributed by atoms with Gasteiger partial charge in [0.25, 0.3) is 10.2 Å². The van der Waals surface area contributed by atoms with Crippen LogP contribution in [0.15, 0.2) is 41.4 Å². The lowest BCUT2D eigenvalue weighted by Crippen LogP contribution is -2.36. The molecule has 196 valence electrons. The van der Waals surface area contributed by atoms with Crippen LogP contribution < -0.4 is 28.4 Å². The smallest absolute Gasteiger partial charge is 0.316 e. The molecule has 5 rings (SSSR count). The summed E-state index contributed by atoms with van der Waals surface area (Å²) in [6.45, 7) is 1.07. The van der Waals surface area contributed by atoms with Gasteiger partial charge in [0.1, 0.15) is 19.5 Å². The van der Waals surface area contributed by atoms with Crippen LogP contribution in [0.5, 0.6) is 23.4 Å². The van der Waals surface area contributed by atoms with Gasteiger partial charge in [-0.25, -0.2) is 19.9 Å². The highest BCUT2D eigenvalue weighted by Crippen LogP contribution is 2.40. The molecule has 15 heteroatoms. The maximum Gasteiger partial charge on any atom is 0.316 e. The molecule has 2 aliphatic heterocycles. The molecule has 0 spiro atoms. The number of nitrogens with zero attached hydrogens (tertiary/aromatic N) is 4. The average Bonchev–Trinajstić information content (AvgIpc) is 3.58. The largest absolute Gasteiger partial charge is 0.473 e. The summed E-state index contributed by atoms with van der Waals surface area (Å²) in [6, 6.07) is 5.35. The lowest BCUT2D eigenvalue weighted by atomic mass is 10.1. The molecule has 0 bridgehead atoms. The summed E-state index contributed by atoms with van der Waals surface area (Å²) in [4.78, 5) is 16.5. The summed E-state index contributed by atoms with van der Waals surface area (Å²) in [5.41, 5.74) is 0.886. The predicted octanol–water partition coefficient (Wildman–Crippen LogP) is 2.31. The first-order valence-electron chi connectivity index (χ1n) is 11.3. The first-order chi connectivity index (χ1) is 18.0. The van der Waals surface area contributed by atoms with Crippen molar-refractivity contribution < 1.29 is 32.1 Å². The second kappa shape index (κ2) is 11.4. The third-order valence-corrected chi connectivity index (χ3v) is 6.80. The minimum absolute atomic E-state index is 0.0286. The molecule has 4 heterocycles. The molecule has 2 N–H and O–H groups in total. The molecular weight excluding hydrogens is 572 g/mol. The Hall–Kier alpha value is -3.27. The number of fused-ring (bicyclic) bond motifs is 1. The van der Waals surface area contributed by atoms with E-state index < -0.39 is 10.2 Å². The van der Waals surface area contributed by atoms with E-state index in [1.54, 1.807) is 30.6 Å². The van der Waals surface area contributed by atoms with E-state index in [0.29, 0.717) is 29.2 Å². The van der Waals surface area contributed by atoms with Crippen molar-refractivity contribution in [2.45, 2.75) is 18.9 Å². The molecule has 3 aromatic rings. The number of rotatable bonds is 11. The van der Waals surface area contributed by atoms with Crippen molar-refractivity contribution >= 4 is 32.0 Å². The van der Waals surface area contributed by atoms with E-state index in [0.717, 1.165) is 17.3 Å². The summed E-state index contributed by atoms with van der Waals surface area (Å²) in [7, 11) is -3.97. The highest BCUT2D eigenvalue weighted by molar-refractivity contribution is 9.10. The maximum absolute atomic E-state index is 12.8. The highest BCUT2D eigenvalue weighted by Gasteiger charge is 2.24. The van der Waals surface area contributed by atoms with E-state index in [4.69, 9.17) is 23.7 Å². The van der Waals surface area contributed by atoms with Gasteiger partial charge in [0.15, 0.2) is 17.3 Å². The van der Waals surface area contributed by atoms with Crippen LogP contribution in [0.25, 0.3) is 11.1 Å². The Labute approximate surface area is 221 Å². The van der Waals surface area contributed by atoms with Crippen molar-refractivity contribution in [3.05, 3.63) is 41.4 Å². The van der Waals surface area contributed by atoms with Gasteiger partial charge in [0.2, 0.25) is 12.7 Å². The van der Waals surface area contributed by atoms with Crippen LogP contribution in [0.2, 0.25) is 0 Å². The Morgan fingerprint density at radius 2 is 1.86 bits per heavy atom. The SMILES string of the molecule is O=S(=O)(NCC1CCCO1)Nc1ncnc(OCCOc2ncc(Br)cn2)c1-c1ccc2c(c1)OCO2. The van der Waals surface area contributed by atoms with E-state index in [1.807, 2.05) is 0 Å². The van der Waals surface area contributed by atoms with E-state index >= 15 is 0 Å². The number of benzene rings is 1. The predicted molar refractivity (Wildman–Crippen MR) is 134 cm³/mol. The van der Waals surface area contributed by atoms with Crippen molar-refractivity contribution in [3.63, 3.8) is 0 Å². The van der Waals surface area contributed by atoms with E-state index in [9.17, 15) is 8.42 Å². The second-order valence-corrected chi connectivity index (χ2v) is 10.4. The Morgan fingerprint density at radius 1 is 1.05 bits per heavy atom. The number of hydrogen-bond donors (Lipinski definition) is 2. The Morgan fingerprint density at radius 3 is 2.68 bits per heavy atom. The lowest BCUT2D eigenvalue weighted by Gasteiger charge is -2.17. The molecule has 0 saturated carbocycles. The quantitative estimate of drug-likeness (QED) is 0.314. The molecule has 1 unspecified atom stereocenters. The summed E-state index contributed by atoms with van der Waals surface area (Å²) in [5.74, 6) is 1.26. The number of halogens is 1. The van der Waals surface area contributed by atoms with Crippen LogP contribution in [0.4, 0.5) is 5.82 Å². The van der Waals surface area contributed by atoms with Crippen molar-refractivity contribution in [2.75, 3.05) is 37.9 Å². The molecule has 2 aliphatic rings. The van der Waals surface area contributed by atoms with Crippen molar-refractivity contribution in [1.29, 1.82) is 0 Å². The van der Waals surface area contributed by atoms with E-state index in [1.165, 1.54) is 6.33 Å². The fraction of sp³-hybridized carbons (Fsp3) is 0.364. The molecule has 1 aromatic carbocycles. The van der Waals surface area contributed by atoms with Gasteiger partial charge in [0.05, 0.1) is 16.1 Å². The topological polar surface area (TPSA) is 156 Å². The fourth-order valence-electron chi connectivity index (χ4n) is 3.69. The number of hydrogen-bond acceptors (Lipinski definition) is 11. The average molecular weight is 595 g/mol. The van der Waals surface area contributed by atoms with Crippen molar-refractivity contribution in [3.8, 4) is 34.5 Å². The summed E-state index contributed by atoms with van der Waals surface area (Å²) in [6.07, 6.45) is 5.88. The van der Waals surface area contributed by atoms with Gasteiger partial charge in [0, 0.05) is 25.5 Å². The van der Waals surface area contributed by atoms with Gasteiger partial charge >= 0.3 is 6.01 Å². The van der Waals surface area contributed by atoms with E-state index in [-0.39, 0.29) is 50.4 Å². The van der Waals surface area contributed by atoms with Gasteiger partial charge in [-0.2, -0.15) is 13.1 Å². The monoisotopic (exact) mass is 594 g/mol. The number of ether oxygens (including phenoxy) is 5. The second-order valence-electron chi connectivity index (χ2n) is 7.94. The third kappa shape index (κ3) is 6.54. The molecule has 13 nitrogen and oxygen atoms in total. The van der Waals surface area contributed by atoms with E-state index in [2.05, 4.69) is 45.3 Å². The zero-order chi connectivity index (χ0) is 25.7. The zero-order valence-corrected chi connectivity index (χ0v) is 21.8. The van der Waals surface area contributed by atoms with Gasteiger partial charge in [-0.3, -0.25) is 4.72 Å². The summed E-state index contributed by atoms with van der Waals surface area (Å²) in [5, 5.41) is 0. The van der Waals surface area contributed by atoms with Crippen molar-refractivity contribution in [2.24, 2.45) is 0 Å². The number of anilines is 1. The molecule has 37 heavy (non-hydrogen) atoms. The molecule has 1 atom stereocenters. The molecule has 0 aliphatic carbocycles. The highest BCUT2D eigenvalue weighted by atomic mass is 79.9. The van der Waals surface area contributed by atoms with Gasteiger partial charge < -0.3 is 23.7 Å².